The smallest absolute Gasteiger partial charge is 0.260 e. The van der Waals surface area contributed by atoms with Gasteiger partial charge in [0.25, 0.3) is 5.91 Å². The summed E-state index contributed by atoms with van der Waals surface area (Å²) in [7, 11) is 1.60. The SMILES string of the molecule is COc1cccc(N2CC3(CCN(C(=O)C4(F)CCC4)C3)CC2=O)c1. The number of carbonyl (C=O) groups is 2. The van der Waals surface area contributed by atoms with E-state index < -0.39 is 5.67 Å². The van der Waals surface area contributed by atoms with E-state index in [-0.39, 0.29) is 17.2 Å². The summed E-state index contributed by atoms with van der Waals surface area (Å²) in [6.07, 6.45) is 2.62. The fourth-order valence-corrected chi connectivity index (χ4v) is 4.28. The topological polar surface area (TPSA) is 49.9 Å². The second-order valence-corrected chi connectivity index (χ2v) is 7.65. The number of ether oxygens (including phenoxy) is 1. The van der Waals surface area contributed by atoms with Gasteiger partial charge in [0.2, 0.25) is 5.91 Å². The minimum absolute atomic E-state index is 0.0566. The van der Waals surface area contributed by atoms with E-state index in [0.29, 0.717) is 44.6 Å². The largest absolute Gasteiger partial charge is 0.497 e. The molecule has 25 heavy (non-hydrogen) atoms. The van der Waals surface area contributed by atoms with Crippen LogP contribution >= 0.6 is 0 Å². The van der Waals surface area contributed by atoms with E-state index in [1.165, 1.54) is 0 Å². The van der Waals surface area contributed by atoms with E-state index in [2.05, 4.69) is 0 Å². The van der Waals surface area contributed by atoms with Crippen LogP contribution in [0.15, 0.2) is 24.3 Å². The molecule has 1 aliphatic carbocycles. The first-order valence-electron chi connectivity index (χ1n) is 8.88. The van der Waals surface area contributed by atoms with Gasteiger partial charge in [-0.05, 0) is 37.8 Å². The minimum atomic E-state index is -1.65. The molecule has 5 nitrogen and oxygen atoms in total. The van der Waals surface area contributed by atoms with Crippen LogP contribution in [-0.4, -0.2) is 49.1 Å². The lowest BCUT2D eigenvalue weighted by atomic mass is 9.81. The maximum Gasteiger partial charge on any atom is 0.260 e. The van der Waals surface area contributed by atoms with Gasteiger partial charge >= 0.3 is 0 Å². The molecule has 1 unspecified atom stereocenters. The van der Waals surface area contributed by atoms with Gasteiger partial charge in [-0.15, -0.1) is 0 Å². The van der Waals surface area contributed by atoms with Crippen LogP contribution in [-0.2, 0) is 9.59 Å². The molecule has 0 aromatic heterocycles. The Hall–Kier alpha value is -2.11. The molecule has 0 bridgehead atoms. The molecule has 2 aliphatic heterocycles. The molecule has 0 radical (unpaired) electrons. The zero-order valence-electron chi connectivity index (χ0n) is 14.5. The standard InChI is InChI=1S/C19H23FN2O3/c1-25-15-5-2-4-14(10-15)22-13-18(11-16(22)23)8-9-21(12-18)17(24)19(20)6-3-7-19/h2,4-5,10H,3,6-9,11-13H2,1H3. The third-order valence-corrected chi connectivity index (χ3v) is 5.94. The fourth-order valence-electron chi connectivity index (χ4n) is 4.28. The summed E-state index contributed by atoms with van der Waals surface area (Å²) in [5.74, 6) is 0.392. The van der Waals surface area contributed by atoms with E-state index in [4.69, 9.17) is 4.74 Å². The summed E-state index contributed by atoms with van der Waals surface area (Å²) in [6.45, 7) is 1.59. The molecule has 1 aromatic carbocycles. The Morgan fingerprint density at radius 3 is 2.72 bits per heavy atom. The van der Waals surface area contributed by atoms with Crippen molar-refractivity contribution in [3.63, 3.8) is 0 Å². The summed E-state index contributed by atoms with van der Waals surface area (Å²) in [4.78, 5) is 28.4. The average Bonchev–Trinajstić information content (AvgIpc) is 3.15. The zero-order chi connectivity index (χ0) is 17.7. The van der Waals surface area contributed by atoms with Gasteiger partial charge in [-0.3, -0.25) is 9.59 Å². The molecule has 1 atom stereocenters. The molecule has 2 saturated heterocycles. The monoisotopic (exact) mass is 346 g/mol. The van der Waals surface area contributed by atoms with Gasteiger partial charge in [-0.1, -0.05) is 6.07 Å². The predicted octanol–water partition coefficient (Wildman–Crippen LogP) is 2.54. The molecule has 6 heteroatoms. The number of amides is 2. The molecule has 4 rings (SSSR count). The third kappa shape index (κ3) is 2.68. The highest BCUT2D eigenvalue weighted by molar-refractivity contribution is 5.97. The molecule has 3 aliphatic rings. The van der Waals surface area contributed by atoms with Crippen LogP contribution in [0, 0.1) is 5.41 Å². The van der Waals surface area contributed by atoms with E-state index in [9.17, 15) is 14.0 Å². The molecule has 2 amide bonds. The molecular weight excluding hydrogens is 323 g/mol. The van der Waals surface area contributed by atoms with Gasteiger partial charge in [0.05, 0.1) is 7.11 Å². The molecule has 0 N–H and O–H groups in total. The van der Waals surface area contributed by atoms with Crippen LogP contribution in [0.1, 0.15) is 32.1 Å². The number of rotatable bonds is 3. The molecule has 1 saturated carbocycles. The second kappa shape index (κ2) is 5.71. The van der Waals surface area contributed by atoms with Gasteiger partial charge in [-0.25, -0.2) is 4.39 Å². The number of likely N-dealkylation sites (tertiary alicyclic amines) is 1. The lowest BCUT2D eigenvalue weighted by molar-refractivity contribution is -0.149. The molecule has 2 heterocycles. The van der Waals surface area contributed by atoms with Crippen LogP contribution < -0.4 is 9.64 Å². The van der Waals surface area contributed by atoms with E-state index >= 15 is 0 Å². The van der Waals surface area contributed by atoms with Crippen molar-refractivity contribution in [2.24, 2.45) is 5.41 Å². The second-order valence-electron chi connectivity index (χ2n) is 7.65. The van der Waals surface area contributed by atoms with Crippen LogP contribution in [0.25, 0.3) is 0 Å². The number of halogens is 1. The molecule has 3 fully saturated rings. The number of benzene rings is 1. The van der Waals surface area contributed by atoms with Crippen LogP contribution in [0.2, 0.25) is 0 Å². The number of anilines is 1. The normalized spacial score (nSPS) is 27.7. The van der Waals surface area contributed by atoms with Crippen molar-refractivity contribution in [2.75, 3.05) is 31.6 Å². The third-order valence-electron chi connectivity index (χ3n) is 5.94. The van der Waals surface area contributed by atoms with E-state index in [0.717, 1.165) is 18.5 Å². The Morgan fingerprint density at radius 1 is 1.24 bits per heavy atom. The Morgan fingerprint density at radius 2 is 2.04 bits per heavy atom. The van der Waals surface area contributed by atoms with Crippen LogP contribution in [0.4, 0.5) is 10.1 Å². The van der Waals surface area contributed by atoms with Crippen molar-refractivity contribution >= 4 is 17.5 Å². The van der Waals surface area contributed by atoms with E-state index in [1.807, 2.05) is 24.3 Å². The van der Waals surface area contributed by atoms with Crippen LogP contribution in [0.5, 0.6) is 5.75 Å². The lowest BCUT2D eigenvalue weighted by Gasteiger charge is -2.36. The van der Waals surface area contributed by atoms with Gasteiger partial charge in [0.15, 0.2) is 5.67 Å². The summed E-state index contributed by atoms with van der Waals surface area (Å²) in [5, 5.41) is 0. The maximum absolute atomic E-state index is 14.4. The Bertz CT molecular complexity index is 718. The van der Waals surface area contributed by atoms with Crippen molar-refractivity contribution in [3.05, 3.63) is 24.3 Å². The van der Waals surface area contributed by atoms with Crippen molar-refractivity contribution < 1.29 is 18.7 Å². The molecular formula is C19H23FN2O3. The van der Waals surface area contributed by atoms with Gasteiger partial charge < -0.3 is 14.5 Å². The van der Waals surface area contributed by atoms with Crippen molar-refractivity contribution in [1.29, 1.82) is 0 Å². The highest BCUT2D eigenvalue weighted by Crippen LogP contribution is 2.45. The number of methoxy groups -OCH3 is 1. The molecule has 1 spiro atoms. The predicted molar refractivity (Wildman–Crippen MR) is 91.3 cm³/mol. The Kier molecular flexibility index (Phi) is 3.74. The quantitative estimate of drug-likeness (QED) is 0.845. The first-order chi connectivity index (χ1) is 11.9. The summed E-state index contributed by atoms with van der Waals surface area (Å²) in [6, 6.07) is 7.44. The summed E-state index contributed by atoms with van der Waals surface area (Å²) < 4.78 is 19.7. The van der Waals surface area contributed by atoms with Crippen molar-refractivity contribution in [1.82, 2.24) is 4.90 Å². The van der Waals surface area contributed by atoms with Gasteiger partial charge in [0, 0.05) is 43.2 Å². The van der Waals surface area contributed by atoms with Crippen molar-refractivity contribution in [3.8, 4) is 5.75 Å². The summed E-state index contributed by atoms with van der Waals surface area (Å²) >= 11 is 0. The molecule has 1 aromatic rings. The first-order valence-corrected chi connectivity index (χ1v) is 8.88. The minimum Gasteiger partial charge on any atom is -0.497 e. The van der Waals surface area contributed by atoms with Crippen molar-refractivity contribution in [2.45, 2.75) is 37.8 Å². The average molecular weight is 346 g/mol. The summed E-state index contributed by atoms with van der Waals surface area (Å²) in [5.41, 5.74) is -1.09. The number of nitrogens with zero attached hydrogens (tertiary/aromatic N) is 2. The highest BCUT2D eigenvalue weighted by Gasteiger charge is 2.53. The van der Waals surface area contributed by atoms with Gasteiger partial charge in [-0.2, -0.15) is 0 Å². The number of hydrogen-bond acceptors (Lipinski definition) is 3. The fraction of sp³-hybridized carbons (Fsp3) is 0.579. The van der Waals surface area contributed by atoms with E-state index in [1.54, 1.807) is 16.9 Å². The Labute approximate surface area is 146 Å². The zero-order valence-corrected chi connectivity index (χ0v) is 14.5. The number of alkyl halides is 1. The maximum atomic E-state index is 14.4. The Balaban J connectivity index is 1.49. The molecule has 134 valence electrons. The first kappa shape index (κ1) is 16.4. The number of carbonyl (C=O) groups excluding carboxylic acids is 2. The number of hydrogen-bond donors (Lipinski definition) is 0. The highest BCUT2D eigenvalue weighted by atomic mass is 19.1. The van der Waals surface area contributed by atoms with Gasteiger partial charge in [0.1, 0.15) is 5.75 Å². The lowest BCUT2D eigenvalue weighted by Crippen LogP contribution is -2.50. The van der Waals surface area contributed by atoms with Crippen LogP contribution in [0.3, 0.4) is 0 Å².